The molecule has 5 heteroatoms. The van der Waals surface area contributed by atoms with Crippen LogP contribution in [0.2, 0.25) is 0 Å². The predicted octanol–water partition coefficient (Wildman–Crippen LogP) is 0.753. The molecule has 0 aliphatic heterocycles. The minimum Gasteiger partial charge on any atom is -0.476 e. The van der Waals surface area contributed by atoms with Crippen LogP contribution < -0.4 is 0 Å². The predicted molar refractivity (Wildman–Crippen MR) is 39.3 cm³/mol. The molecule has 0 unspecified atom stereocenters. The third kappa shape index (κ3) is 2.10. The summed E-state index contributed by atoms with van der Waals surface area (Å²) in [5, 5.41) is 15.0. The second-order valence-electron chi connectivity index (χ2n) is 1.41. The van der Waals surface area contributed by atoms with Gasteiger partial charge in [-0.1, -0.05) is 0 Å². The van der Waals surface area contributed by atoms with Gasteiger partial charge in [0.15, 0.2) is 5.69 Å². The molecule has 0 aromatic carbocycles. The van der Waals surface area contributed by atoms with Crippen LogP contribution in [0.15, 0.2) is 18.3 Å². The maximum Gasteiger partial charge on any atom is 0.356 e. The number of carboxylic acids is 1. The molecule has 1 rings (SSSR count). The van der Waals surface area contributed by atoms with E-state index in [2.05, 4.69) is 10.2 Å². The summed E-state index contributed by atoms with van der Waals surface area (Å²) in [5.41, 5.74) is -0.0301. The van der Waals surface area contributed by atoms with E-state index >= 15 is 0 Å². The Bertz CT molecular complexity index is 214. The highest BCUT2D eigenvalue weighted by Gasteiger charge is 2.00. The van der Waals surface area contributed by atoms with E-state index in [-0.39, 0.29) is 22.7 Å². The first kappa shape index (κ1) is 9.03. The van der Waals surface area contributed by atoms with Crippen molar-refractivity contribution in [2.75, 3.05) is 0 Å². The molecule has 0 bridgehead atoms. The number of hydrogen-bond acceptors (Lipinski definition) is 3. The Kier molecular flexibility index (Phi) is 3.56. The third-order valence-corrected chi connectivity index (χ3v) is 0.791. The summed E-state index contributed by atoms with van der Waals surface area (Å²) in [4.78, 5) is 10.1. The zero-order chi connectivity index (χ0) is 6.69. The molecule has 0 saturated heterocycles. The molecule has 10 heavy (non-hydrogen) atoms. The third-order valence-electron chi connectivity index (χ3n) is 0.791. The normalized spacial score (nSPS) is 8.00. The van der Waals surface area contributed by atoms with Crippen molar-refractivity contribution in [2.24, 2.45) is 0 Å². The molecule has 0 atom stereocenters. The van der Waals surface area contributed by atoms with Crippen LogP contribution in [-0.2, 0) is 0 Å². The molecule has 54 valence electrons. The van der Waals surface area contributed by atoms with Gasteiger partial charge in [-0.2, -0.15) is 5.10 Å². The molecule has 0 spiro atoms. The number of nitrogens with zero attached hydrogens (tertiary/aromatic N) is 2. The molecular weight excluding hydrogens is 200 g/mol. The zero-order valence-electron chi connectivity index (χ0n) is 4.89. The minimum atomic E-state index is -1.05. The summed E-state index contributed by atoms with van der Waals surface area (Å²) in [6, 6.07) is 2.91. The Balaban J connectivity index is 0.000000810. The van der Waals surface area contributed by atoms with E-state index in [9.17, 15) is 4.79 Å². The number of carbonyl (C=O) groups is 1. The van der Waals surface area contributed by atoms with Crippen LogP contribution in [0.25, 0.3) is 0 Å². The van der Waals surface area contributed by atoms with Gasteiger partial charge in [-0.25, -0.2) is 4.79 Å². The second-order valence-corrected chi connectivity index (χ2v) is 1.41. The van der Waals surface area contributed by atoms with E-state index < -0.39 is 5.97 Å². The molecule has 0 radical (unpaired) electrons. The van der Waals surface area contributed by atoms with Crippen molar-refractivity contribution >= 4 is 23.0 Å². The van der Waals surface area contributed by atoms with Gasteiger partial charge in [-0.05, 0) is 12.1 Å². The van der Waals surface area contributed by atoms with Gasteiger partial charge in [-0.3, -0.25) is 0 Å². The van der Waals surface area contributed by atoms with Gasteiger partial charge in [0.25, 0.3) is 0 Å². The summed E-state index contributed by atoms with van der Waals surface area (Å²) in [6.45, 7) is 0. The monoisotopic (exact) mass is 204 g/mol. The molecule has 0 amide bonds. The fourth-order valence-corrected chi connectivity index (χ4v) is 0.416. The van der Waals surface area contributed by atoms with Crippen LogP contribution in [0.4, 0.5) is 0 Å². The highest BCUT2D eigenvalue weighted by Crippen LogP contribution is 1.87. The molecule has 0 saturated carbocycles. The van der Waals surface area contributed by atoms with Crippen molar-refractivity contribution in [2.45, 2.75) is 0 Å². The zero-order valence-corrected chi connectivity index (χ0v) is 6.60. The number of carboxylic acid groups (broad SMARTS) is 1. The highest BCUT2D eigenvalue weighted by molar-refractivity contribution is 8.93. The quantitative estimate of drug-likeness (QED) is 0.734. The Labute approximate surface area is 67.7 Å². The first-order valence-electron chi connectivity index (χ1n) is 2.31. The highest BCUT2D eigenvalue weighted by atomic mass is 79.9. The van der Waals surface area contributed by atoms with Gasteiger partial charge in [0.05, 0.1) is 0 Å². The van der Waals surface area contributed by atoms with E-state index in [1.54, 1.807) is 0 Å². The second kappa shape index (κ2) is 3.94. The van der Waals surface area contributed by atoms with Crippen LogP contribution in [0, 0.1) is 0 Å². The van der Waals surface area contributed by atoms with Gasteiger partial charge in [-0.15, -0.1) is 22.1 Å². The summed E-state index contributed by atoms with van der Waals surface area (Å²) in [7, 11) is 0. The molecule has 4 nitrogen and oxygen atoms in total. The fourth-order valence-electron chi connectivity index (χ4n) is 0.416. The lowest BCUT2D eigenvalue weighted by atomic mass is 10.4. The smallest absolute Gasteiger partial charge is 0.356 e. The van der Waals surface area contributed by atoms with Gasteiger partial charge in [0, 0.05) is 6.20 Å². The van der Waals surface area contributed by atoms with Crippen molar-refractivity contribution in [3.8, 4) is 0 Å². The molecule has 0 fully saturated rings. The summed E-state index contributed by atoms with van der Waals surface area (Å²) in [5.74, 6) is -1.05. The molecule has 1 heterocycles. The maximum absolute atomic E-state index is 10.1. The van der Waals surface area contributed by atoms with Gasteiger partial charge in [0.1, 0.15) is 0 Å². The van der Waals surface area contributed by atoms with E-state index in [0.717, 1.165) is 0 Å². The summed E-state index contributed by atoms with van der Waals surface area (Å²) < 4.78 is 0. The van der Waals surface area contributed by atoms with Crippen LogP contribution in [-0.4, -0.2) is 21.3 Å². The average Bonchev–Trinajstić information content (AvgIpc) is 1.90. The van der Waals surface area contributed by atoms with Crippen LogP contribution in [0.1, 0.15) is 10.5 Å². The standard InChI is InChI=1S/C5H4N2O2.BrH/c8-5(9)4-2-1-3-6-7-4;/h1-3H,(H,8,9);1H. The van der Waals surface area contributed by atoms with Gasteiger partial charge >= 0.3 is 5.97 Å². The number of aromatic nitrogens is 2. The van der Waals surface area contributed by atoms with E-state index in [0.29, 0.717) is 0 Å². The van der Waals surface area contributed by atoms with Crippen molar-refractivity contribution in [1.29, 1.82) is 0 Å². The van der Waals surface area contributed by atoms with Crippen LogP contribution in [0.5, 0.6) is 0 Å². The molecular formula is C5H5BrN2O2. The Morgan fingerprint density at radius 1 is 1.60 bits per heavy atom. The molecule has 1 aromatic rings. The van der Waals surface area contributed by atoms with Crippen molar-refractivity contribution in [3.05, 3.63) is 24.0 Å². The van der Waals surface area contributed by atoms with E-state index in [1.807, 2.05) is 0 Å². The first-order chi connectivity index (χ1) is 4.30. The van der Waals surface area contributed by atoms with Crippen molar-refractivity contribution in [3.63, 3.8) is 0 Å². The summed E-state index contributed by atoms with van der Waals surface area (Å²) in [6.07, 6.45) is 1.42. The lowest BCUT2D eigenvalue weighted by Crippen LogP contribution is -1.99. The Morgan fingerprint density at radius 3 is 2.60 bits per heavy atom. The molecule has 1 N–H and O–H groups in total. The number of hydrogen-bond donors (Lipinski definition) is 1. The molecule has 0 aliphatic rings. The maximum atomic E-state index is 10.1. The first-order valence-corrected chi connectivity index (χ1v) is 2.31. The van der Waals surface area contributed by atoms with Crippen molar-refractivity contribution < 1.29 is 9.90 Å². The number of aromatic carboxylic acids is 1. The van der Waals surface area contributed by atoms with Crippen molar-refractivity contribution in [1.82, 2.24) is 10.2 Å². The number of halogens is 1. The van der Waals surface area contributed by atoms with E-state index in [4.69, 9.17) is 5.11 Å². The lowest BCUT2D eigenvalue weighted by molar-refractivity contribution is 0.0689. The minimum absolute atomic E-state index is 0. The van der Waals surface area contributed by atoms with Crippen LogP contribution in [0.3, 0.4) is 0 Å². The molecule has 0 aliphatic carbocycles. The van der Waals surface area contributed by atoms with Gasteiger partial charge in [0.2, 0.25) is 0 Å². The fraction of sp³-hybridized carbons (Fsp3) is 0. The summed E-state index contributed by atoms with van der Waals surface area (Å²) >= 11 is 0. The Morgan fingerprint density at radius 2 is 2.30 bits per heavy atom. The molecule has 1 aromatic heterocycles. The van der Waals surface area contributed by atoms with Gasteiger partial charge < -0.3 is 5.11 Å². The average molecular weight is 205 g/mol. The topological polar surface area (TPSA) is 63.1 Å². The largest absolute Gasteiger partial charge is 0.476 e. The lowest BCUT2D eigenvalue weighted by Gasteiger charge is -1.85. The number of rotatable bonds is 1. The Hall–Kier alpha value is -0.970. The van der Waals surface area contributed by atoms with Crippen LogP contribution >= 0.6 is 17.0 Å². The van der Waals surface area contributed by atoms with E-state index in [1.165, 1.54) is 18.3 Å². The SMILES string of the molecule is Br.O=C(O)c1cccnn1.